The number of nitrogens with one attached hydrogen (secondary N) is 1. The molecule has 0 saturated carbocycles. The average molecular weight is 357 g/mol. The number of carbonyl (C=O) groups excluding carboxylic acids is 1. The predicted molar refractivity (Wildman–Crippen MR) is 97.9 cm³/mol. The molecule has 0 saturated heterocycles. The molecule has 25 heavy (non-hydrogen) atoms. The minimum Gasteiger partial charge on any atom is -0.326 e. The van der Waals surface area contributed by atoms with Crippen molar-refractivity contribution in [2.45, 2.75) is 31.7 Å². The summed E-state index contributed by atoms with van der Waals surface area (Å²) in [5, 5.41) is 12.6. The lowest BCUT2D eigenvalue weighted by atomic mass is 10.1. The van der Waals surface area contributed by atoms with Crippen LogP contribution in [0.1, 0.15) is 31.5 Å². The second-order valence-corrected chi connectivity index (χ2v) is 7.10. The smallest absolute Gasteiger partial charge is 0.225 e. The zero-order valence-electron chi connectivity index (χ0n) is 14.3. The molecule has 1 heterocycles. The number of benzene rings is 1. The van der Waals surface area contributed by atoms with E-state index in [-0.39, 0.29) is 18.1 Å². The highest BCUT2D eigenvalue weighted by Crippen LogP contribution is 2.22. The van der Waals surface area contributed by atoms with Gasteiger partial charge in [-0.25, -0.2) is 9.37 Å². The SMILES string of the molecule is CC(C)Cc1ccc(C#N)c(SCCC(=O)Nc2ccc(F)cc2)n1. The largest absolute Gasteiger partial charge is 0.326 e. The molecule has 0 radical (unpaired) electrons. The highest BCUT2D eigenvalue weighted by molar-refractivity contribution is 7.99. The van der Waals surface area contributed by atoms with Crippen LogP contribution in [0.3, 0.4) is 0 Å². The van der Waals surface area contributed by atoms with Crippen LogP contribution in [0.25, 0.3) is 0 Å². The summed E-state index contributed by atoms with van der Waals surface area (Å²) in [5.74, 6) is 0.500. The van der Waals surface area contributed by atoms with E-state index in [0.717, 1.165) is 12.1 Å². The van der Waals surface area contributed by atoms with Gasteiger partial charge in [0.2, 0.25) is 5.91 Å². The fourth-order valence-electron chi connectivity index (χ4n) is 2.20. The van der Waals surface area contributed by atoms with Crippen LogP contribution in [-0.2, 0) is 11.2 Å². The maximum Gasteiger partial charge on any atom is 0.225 e. The van der Waals surface area contributed by atoms with Crippen LogP contribution in [0.15, 0.2) is 41.4 Å². The van der Waals surface area contributed by atoms with Crippen LogP contribution >= 0.6 is 11.8 Å². The van der Waals surface area contributed by atoms with Crippen molar-refractivity contribution in [1.29, 1.82) is 5.26 Å². The Hall–Kier alpha value is -2.39. The van der Waals surface area contributed by atoms with Crippen molar-refractivity contribution in [3.63, 3.8) is 0 Å². The van der Waals surface area contributed by atoms with Gasteiger partial charge in [-0.3, -0.25) is 4.79 Å². The number of hydrogen-bond donors (Lipinski definition) is 1. The summed E-state index contributed by atoms with van der Waals surface area (Å²) in [4.78, 5) is 16.5. The van der Waals surface area contributed by atoms with Crippen LogP contribution in [0.5, 0.6) is 0 Å². The Morgan fingerprint density at radius 2 is 2.00 bits per heavy atom. The van der Waals surface area contributed by atoms with Gasteiger partial charge in [-0.15, -0.1) is 11.8 Å². The van der Waals surface area contributed by atoms with E-state index < -0.39 is 0 Å². The molecule has 6 heteroatoms. The minimum atomic E-state index is -0.343. The van der Waals surface area contributed by atoms with Gasteiger partial charge < -0.3 is 5.32 Å². The lowest BCUT2D eigenvalue weighted by Crippen LogP contribution is -2.12. The standard InChI is InChI=1S/C19H20FN3OS/c1-13(2)11-17-6-3-14(12-21)19(23-17)25-10-9-18(24)22-16-7-4-15(20)5-8-16/h3-8,13H,9-11H2,1-2H3,(H,22,24). The first-order valence-corrected chi connectivity index (χ1v) is 9.04. The van der Waals surface area contributed by atoms with E-state index in [1.165, 1.54) is 36.0 Å². The number of halogens is 1. The summed E-state index contributed by atoms with van der Waals surface area (Å²) in [7, 11) is 0. The second kappa shape index (κ2) is 9.19. The molecule has 0 fully saturated rings. The van der Waals surface area contributed by atoms with E-state index in [4.69, 9.17) is 0 Å². The summed E-state index contributed by atoms with van der Waals surface area (Å²) in [6, 6.07) is 11.4. The summed E-state index contributed by atoms with van der Waals surface area (Å²) in [6.07, 6.45) is 1.13. The van der Waals surface area contributed by atoms with Crippen LogP contribution in [0, 0.1) is 23.1 Å². The Labute approximate surface area is 151 Å². The van der Waals surface area contributed by atoms with Gasteiger partial charge in [0.25, 0.3) is 0 Å². The molecule has 0 bridgehead atoms. The van der Waals surface area contributed by atoms with Crippen molar-refractivity contribution in [2.24, 2.45) is 5.92 Å². The van der Waals surface area contributed by atoms with Gasteiger partial charge in [0.05, 0.1) is 5.56 Å². The fourth-order valence-corrected chi connectivity index (χ4v) is 3.13. The Kier molecular flexibility index (Phi) is 6.96. The predicted octanol–water partition coefficient (Wildman–Crippen LogP) is 4.41. The normalized spacial score (nSPS) is 10.5. The molecule has 0 spiro atoms. The highest BCUT2D eigenvalue weighted by atomic mass is 32.2. The van der Waals surface area contributed by atoms with Crippen molar-refractivity contribution < 1.29 is 9.18 Å². The lowest BCUT2D eigenvalue weighted by Gasteiger charge is -2.08. The zero-order chi connectivity index (χ0) is 18.2. The third-order valence-corrected chi connectivity index (χ3v) is 4.34. The number of nitriles is 1. The number of anilines is 1. The molecule has 1 aromatic carbocycles. The van der Waals surface area contributed by atoms with Gasteiger partial charge in [-0.2, -0.15) is 5.26 Å². The Morgan fingerprint density at radius 1 is 1.28 bits per heavy atom. The maximum absolute atomic E-state index is 12.8. The molecule has 1 aromatic heterocycles. The van der Waals surface area contributed by atoms with Gasteiger partial charge in [0, 0.05) is 23.6 Å². The van der Waals surface area contributed by atoms with Gasteiger partial charge in [0.15, 0.2) is 0 Å². The van der Waals surface area contributed by atoms with Gasteiger partial charge >= 0.3 is 0 Å². The molecule has 0 atom stereocenters. The zero-order valence-corrected chi connectivity index (χ0v) is 15.1. The van der Waals surface area contributed by atoms with Crippen LogP contribution in [0.2, 0.25) is 0 Å². The lowest BCUT2D eigenvalue weighted by molar-refractivity contribution is -0.115. The second-order valence-electron chi connectivity index (χ2n) is 6.02. The summed E-state index contributed by atoms with van der Waals surface area (Å²) < 4.78 is 12.8. The van der Waals surface area contributed by atoms with E-state index in [1.54, 1.807) is 6.07 Å². The topological polar surface area (TPSA) is 65.8 Å². The van der Waals surface area contributed by atoms with Crippen LogP contribution < -0.4 is 5.32 Å². The molecule has 0 aliphatic heterocycles. The first kappa shape index (κ1) is 18.9. The Balaban J connectivity index is 1.90. The number of pyridine rings is 1. The summed E-state index contributed by atoms with van der Waals surface area (Å²) in [6.45, 7) is 4.24. The number of amides is 1. The third-order valence-electron chi connectivity index (χ3n) is 3.35. The molecule has 1 N–H and O–H groups in total. The molecule has 2 aromatic rings. The van der Waals surface area contributed by atoms with Crippen LogP contribution in [0.4, 0.5) is 10.1 Å². The van der Waals surface area contributed by atoms with E-state index in [1.807, 2.05) is 6.07 Å². The molecule has 130 valence electrons. The number of aromatic nitrogens is 1. The van der Waals surface area contributed by atoms with E-state index in [9.17, 15) is 14.4 Å². The third kappa shape index (κ3) is 6.20. The number of carbonyl (C=O) groups is 1. The number of rotatable bonds is 7. The van der Waals surface area contributed by atoms with Gasteiger partial charge in [-0.05, 0) is 48.7 Å². The van der Waals surface area contributed by atoms with E-state index in [2.05, 4.69) is 30.2 Å². The van der Waals surface area contributed by atoms with Gasteiger partial charge in [0.1, 0.15) is 16.9 Å². The quantitative estimate of drug-likeness (QED) is 0.745. The summed E-state index contributed by atoms with van der Waals surface area (Å²) in [5.41, 5.74) is 2.04. The van der Waals surface area contributed by atoms with Gasteiger partial charge in [-0.1, -0.05) is 13.8 Å². The molecule has 0 aliphatic carbocycles. The average Bonchev–Trinajstić information content (AvgIpc) is 2.57. The first-order valence-electron chi connectivity index (χ1n) is 8.06. The van der Waals surface area contributed by atoms with Crippen molar-refractivity contribution in [2.75, 3.05) is 11.1 Å². The molecule has 2 rings (SSSR count). The summed E-state index contributed by atoms with van der Waals surface area (Å²) >= 11 is 1.40. The van der Waals surface area contributed by atoms with Crippen molar-refractivity contribution in [1.82, 2.24) is 4.98 Å². The van der Waals surface area contributed by atoms with E-state index >= 15 is 0 Å². The fraction of sp³-hybridized carbons (Fsp3) is 0.316. The van der Waals surface area contributed by atoms with Crippen molar-refractivity contribution in [3.05, 3.63) is 53.5 Å². The molecule has 0 aliphatic rings. The molecular weight excluding hydrogens is 337 g/mol. The number of nitrogens with zero attached hydrogens (tertiary/aromatic N) is 2. The minimum absolute atomic E-state index is 0.157. The molecule has 4 nitrogen and oxygen atoms in total. The first-order chi connectivity index (χ1) is 12.0. The maximum atomic E-state index is 12.8. The molecule has 1 amide bonds. The van der Waals surface area contributed by atoms with Crippen molar-refractivity contribution >= 4 is 23.4 Å². The molecular formula is C19H20FN3OS. The molecule has 0 unspecified atom stereocenters. The van der Waals surface area contributed by atoms with Crippen LogP contribution in [-0.4, -0.2) is 16.6 Å². The highest BCUT2D eigenvalue weighted by Gasteiger charge is 2.09. The number of hydrogen-bond acceptors (Lipinski definition) is 4. The monoisotopic (exact) mass is 357 g/mol. The Bertz CT molecular complexity index is 769. The Morgan fingerprint density at radius 3 is 2.64 bits per heavy atom. The van der Waals surface area contributed by atoms with Crippen molar-refractivity contribution in [3.8, 4) is 6.07 Å². The van der Waals surface area contributed by atoms with E-state index in [0.29, 0.717) is 27.9 Å². The number of thioether (sulfide) groups is 1.